The van der Waals surface area contributed by atoms with E-state index in [1.54, 1.807) is 36.4 Å². The standard InChI is InChI=1S/C19H15Cl2NO4S2/c20-11-4-6-14(21)13(9-11)15-7-5-12(26-15)10-16-18(25)22(19(27)28-16)8-2-1-3-17(23)24/h4-7,9-10H,1-3,8H2,(H,23,24)/b16-10-. The van der Waals surface area contributed by atoms with Gasteiger partial charge in [-0.05, 0) is 43.2 Å². The van der Waals surface area contributed by atoms with Crippen LogP contribution in [-0.2, 0) is 9.59 Å². The first-order valence-corrected chi connectivity index (χ1v) is 10.4. The van der Waals surface area contributed by atoms with Crippen LogP contribution in [0.15, 0.2) is 39.7 Å². The zero-order valence-electron chi connectivity index (χ0n) is 14.5. The third-order valence-electron chi connectivity index (χ3n) is 3.99. The highest BCUT2D eigenvalue weighted by atomic mass is 35.5. The summed E-state index contributed by atoms with van der Waals surface area (Å²) in [6, 6.07) is 8.60. The molecular weight excluding hydrogens is 441 g/mol. The van der Waals surface area contributed by atoms with Crippen molar-refractivity contribution in [3.05, 3.63) is 51.0 Å². The number of hydrogen-bond donors (Lipinski definition) is 1. The number of carbonyl (C=O) groups excluding carboxylic acids is 1. The van der Waals surface area contributed by atoms with E-state index >= 15 is 0 Å². The summed E-state index contributed by atoms with van der Waals surface area (Å²) < 4.78 is 6.25. The van der Waals surface area contributed by atoms with E-state index in [9.17, 15) is 9.59 Å². The number of nitrogens with zero attached hydrogens (tertiary/aromatic N) is 1. The van der Waals surface area contributed by atoms with E-state index < -0.39 is 5.97 Å². The molecule has 1 fully saturated rings. The third-order valence-corrected chi connectivity index (χ3v) is 5.93. The van der Waals surface area contributed by atoms with Gasteiger partial charge in [-0.15, -0.1) is 0 Å². The lowest BCUT2D eigenvalue weighted by molar-refractivity contribution is -0.137. The molecule has 2 heterocycles. The van der Waals surface area contributed by atoms with E-state index in [0.29, 0.717) is 55.7 Å². The molecule has 2 aromatic rings. The number of carbonyl (C=O) groups is 2. The molecular formula is C19H15Cl2NO4S2. The fourth-order valence-electron chi connectivity index (χ4n) is 2.63. The predicted molar refractivity (Wildman–Crippen MR) is 116 cm³/mol. The quantitative estimate of drug-likeness (QED) is 0.327. The number of hydrogen-bond acceptors (Lipinski definition) is 5. The number of aliphatic carboxylic acids is 1. The van der Waals surface area contributed by atoms with Crippen LogP contribution in [0.25, 0.3) is 17.4 Å². The molecule has 0 radical (unpaired) electrons. The Bertz CT molecular complexity index is 971. The summed E-state index contributed by atoms with van der Waals surface area (Å²) in [5, 5.41) is 9.74. The van der Waals surface area contributed by atoms with E-state index in [2.05, 4.69) is 0 Å². The highest BCUT2D eigenvalue weighted by Crippen LogP contribution is 2.35. The monoisotopic (exact) mass is 455 g/mol. The minimum atomic E-state index is -0.848. The molecule has 1 aliphatic heterocycles. The second-order valence-corrected chi connectivity index (χ2v) is 8.53. The van der Waals surface area contributed by atoms with Crippen molar-refractivity contribution in [2.45, 2.75) is 19.3 Å². The Morgan fingerprint density at radius 3 is 2.79 bits per heavy atom. The molecule has 0 saturated carbocycles. The average Bonchev–Trinajstić information content (AvgIpc) is 3.20. The Morgan fingerprint density at radius 1 is 1.25 bits per heavy atom. The second-order valence-electron chi connectivity index (χ2n) is 6.01. The van der Waals surface area contributed by atoms with Gasteiger partial charge < -0.3 is 9.52 Å². The van der Waals surface area contributed by atoms with E-state index in [4.69, 9.17) is 44.9 Å². The third kappa shape index (κ3) is 4.97. The first-order valence-electron chi connectivity index (χ1n) is 8.37. The topological polar surface area (TPSA) is 70.8 Å². The first-order chi connectivity index (χ1) is 13.3. The normalized spacial score (nSPS) is 15.6. The SMILES string of the molecule is O=C(O)CCCCN1C(=O)/C(=C/c2ccc(-c3cc(Cl)ccc3Cl)o2)SC1=S. The van der Waals surface area contributed by atoms with Crippen molar-refractivity contribution in [2.75, 3.05) is 6.54 Å². The number of thioether (sulfide) groups is 1. The molecule has 1 saturated heterocycles. The number of carboxylic acids is 1. The lowest BCUT2D eigenvalue weighted by Gasteiger charge is -2.13. The van der Waals surface area contributed by atoms with Crippen LogP contribution < -0.4 is 0 Å². The maximum Gasteiger partial charge on any atom is 0.303 e. The van der Waals surface area contributed by atoms with Gasteiger partial charge in [0.2, 0.25) is 0 Å². The fraction of sp³-hybridized carbons (Fsp3) is 0.211. The number of unbranched alkanes of at least 4 members (excludes halogenated alkanes) is 1. The van der Waals surface area contributed by atoms with Gasteiger partial charge in [-0.25, -0.2) is 0 Å². The molecule has 28 heavy (non-hydrogen) atoms. The van der Waals surface area contributed by atoms with Gasteiger partial charge in [-0.1, -0.05) is 47.2 Å². The van der Waals surface area contributed by atoms with Crippen molar-refractivity contribution in [1.82, 2.24) is 4.90 Å². The van der Waals surface area contributed by atoms with Crippen LogP contribution in [0.3, 0.4) is 0 Å². The summed E-state index contributed by atoms with van der Waals surface area (Å²) in [6.07, 6.45) is 2.78. The summed E-state index contributed by atoms with van der Waals surface area (Å²) in [5.41, 5.74) is 0.666. The average molecular weight is 456 g/mol. The van der Waals surface area contributed by atoms with Crippen LogP contribution in [0.2, 0.25) is 10.0 Å². The summed E-state index contributed by atoms with van der Waals surface area (Å²) in [6.45, 7) is 0.400. The zero-order chi connectivity index (χ0) is 20.3. The van der Waals surface area contributed by atoms with Crippen molar-refractivity contribution in [3.63, 3.8) is 0 Å². The Hall–Kier alpha value is -1.80. The zero-order valence-corrected chi connectivity index (χ0v) is 17.6. The van der Waals surface area contributed by atoms with Crippen LogP contribution in [0.4, 0.5) is 0 Å². The van der Waals surface area contributed by atoms with Gasteiger partial charge in [0.1, 0.15) is 15.8 Å². The van der Waals surface area contributed by atoms with Crippen molar-refractivity contribution in [2.24, 2.45) is 0 Å². The van der Waals surface area contributed by atoms with Crippen molar-refractivity contribution in [3.8, 4) is 11.3 Å². The molecule has 0 unspecified atom stereocenters. The highest BCUT2D eigenvalue weighted by molar-refractivity contribution is 8.26. The van der Waals surface area contributed by atoms with Crippen molar-refractivity contribution in [1.29, 1.82) is 0 Å². The van der Waals surface area contributed by atoms with Crippen LogP contribution in [-0.4, -0.2) is 32.7 Å². The molecule has 1 N–H and O–H groups in total. The van der Waals surface area contributed by atoms with E-state index in [-0.39, 0.29) is 12.3 Å². The first kappa shape index (κ1) is 20.9. The van der Waals surface area contributed by atoms with E-state index in [1.807, 2.05) is 0 Å². The number of carboxylic acid groups (broad SMARTS) is 1. The number of furan rings is 1. The van der Waals surface area contributed by atoms with Gasteiger partial charge >= 0.3 is 5.97 Å². The maximum absolute atomic E-state index is 12.6. The predicted octanol–water partition coefficient (Wildman–Crippen LogP) is 5.71. The summed E-state index contributed by atoms with van der Waals surface area (Å²) in [7, 11) is 0. The Balaban J connectivity index is 1.71. The summed E-state index contributed by atoms with van der Waals surface area (Å²) >= 11 is 18.7. The lowest BCUT2D eigenvalue weighted by Crippen LogP contribution is -2.29. The minimum absolute atomic E-state index is 0.0753. The van der Waals surface area contributed by atoms with Gasteiger partial charge in [0.05, 0.1) is 9.93 Å². The molecule has 0 spiro atoms. The fourth-order valence-corrected chi connectivity index (χ4v) is 4.30. The van der Waals surface area contributed by atoms with Gasteiger partial charge in [-0.2, -0.15) is 0 Å². The molecule has 0 atom stereocenters. The largest absolute Gasteiger partial charge is 0.481 e. The number of amides is 1. The second kappa shape index (κ2) is 9.13. The van der Waals surface area contributed by atoms with Gasteiger partial charge in [0, 0.05) is 29.6 Å². The van der Waals surface area contributed by atoms with Gasteiger partial charge in [-0.3, -0.25) is 14.5 Å². The molecule has 9 heteroatoms. The van der Waals surface area contributed by atoms with Gasteiger partial charge in [0.25, 0.3) is 5.91 Å². The van der Waals surface area contributed by atoms with Crippen LogP contribution in [0.5, 0.6) is 0 Å². The lowest BCUT2D eigenvalue weighted by atomic mass is 10.2. The minimum Gasteiger partial charge on any atom is -0.481 e. The van der Waals surface area contributed by atoms with Crippen LogP contribution in [0, 0.1) is 0 Å². The van der Waals surface area contributed by atoms with E-state index in [0.717, 1.165) is 0 Å². The number of halogens is 2. The van der Waals surface area contributed by atoms with Crippen LogP contribution >= 0.6 is 47.2 Å². The summed E-state index contributed by atoms with van der Waals surface area (Å²) in [5.74, 6) is -0.0110. The maximum atomic E-state index is 12.6. The Kier molecular flexibility index (Phi) is 6.82. The van der Waals surface area contributed by atoms with Crippen molar-refractivity contribution >= 4 is 69.5 Å². The molecule has 1 aromatic carbocycles. The molecule has 1 amide bonds. The molecule has 146 valence electrons. The summed E-state index contributed by atoms with van der Waals surface area (Å²) in [4.78, 5) is 25.1. The molecule has 3 rings (SSSR count). The van der Waals surface area contributed by atoms with Crippen LogP contribution in [0.1, 0.15) is 25.0 Å². The smallest absolute Gasteiger partial charge is 0.303 e. The number of benzene rings is 1. The number of thiocarbonyl (C=S) groups is 1. The van der Waals surface area contributed by atoms with Crippen molar-refractivity contribution < 1.29 is 19.1 Å². The van der Waals surface area contributed by atoms with Gasteiger partial charge in [0.15, 0.2) is 0 Å². The molecule has 1 aliphatic rings. The molecule has 0 aliphatic carbocycles. The Labute approximate surface area is 181 Å². The molecule has 5 nitrogen and oxygen atoms in total. The molecule has 0 bridgehead atoms. The highest BCUT2D eigenvalue weighted by Gasteiger charge is 2.31. The number of rotatable bonds is 7. The molecule has 1 aromatic heterocycles. The van der Waals surface area contributed by atoms with E-state index in [1.165, 1.54) is 16.7 Å². The Morgan fingerprint density at radius 2 is 2.04 bits per heavy atom.